The number of ketones is 1. The van der Waals surface area contributed by atoms with Crippen molar-refractivity contribution in [2.24, 2.45) is 0 Å². The van der Waals surface area contributed by atoms with Crippen LogP contribution in [0.2, 0.25) is 0 Å². The number of methoxy groups -OCH3 is 1. The van der Waals surface area contributed by atoms with Crippen LogP contribution in [-0.4, -0.2) is 23.8 Å². The van der Waals surface area contributed by atoms with E-state index in [9.17, 15) is 9.59 Å². The number of ether oxygens (including phenoxy) is 1. The Morgan fingerprint density at radius 1 is 1.05 bits per heavy atom. The summed E-state index contributed by atoms with van der Waals surface area (Å²) in [6.07, 6.45) is 1.80. The lowest BCUT2D eigenvalue weighted by Gasteiger charge is -2.05. The molecule has 0 radical (unpaired) electrons. The Balaban J connectivity index is 2.15. The number of Topliss-reactive ketones (excluding diaryl/α,β-unsaturated/α-hetero) is 1. The summed E-state index contributed by atoms with van der Waals surface area (Å²) in [5.74, 6) is -0.549. The summed E-state index contributed by atoms with van der Waals surface area (Å²) in [6.45, 7) is 2.03. The first-order valence-corrected chi connectivity index (χ1v) is 6.73. The van der Waals surface area contributed by atoms with Gasteiger partial charge in [-0.1, -0.05) is 29.8 Å². The molecule has 0 bridgehead atoms. The van der Waals surface area contributed by atoms with E-state index in [0.29, 0.717) is 5.69 Å². The third-order valence-corrected chi connectivity index (χ3v) is 3.21. The van der Waals surface area contributed by atoms with Crippen molar-refractivity contribution in [2.75, 3.05) is 7.11 Å². The molecule has 0 N–H and O–H groups in total. The first-order valence-electron chi connectivity index (χ1n) is 6.73. The van der Waals surface area contributed by atoms with Gasteiger partial charge in [-0.2, -0.15) is 0 Å². The number of benzene rings is 1. The maximum Gasteiger partial charge on any atom is 0.305 e. The van der Waals surface area contributed by atoms with E-state index in [1.54, 1.807) is 12.3 Å². The first-order chi connectivity index (χ1) is 10.1. The van der Waals surface area contributed by atoms with E-state index in [4.69, 9.17) is 0 Å². The summed E-state index contributed by atoms with van der Waals surface area (Å²) in [7, 11) is 1.31. The van der Waals surface area contributed by atoms with Gasteiger partial charge in [0, 0.05) is 12.6 Å². The van der Waals surface area contributed by atoms with Crippen molar-refractivity contribution in [3.05, 3.63) is 53.9 Å². The lowest BCUT2D eigenvalue weighted by atomic mass is 10.0. The van der Waals surface area contributed by atoms with Crippen LogP contribution in [0.1, 0.15) is 28.9 Å². The van der Waals surface area contributed by atoms with Gasteiger partial charge in [-0.15, -0.1) is 0 Å². The van der Waals surface area contributed by atoms with Crippen LogP contribution in [0.15, 0.2) is 42.6 Å². The second-order valence-electron chi connectivity index (χ2n) is 4.80. The van der Waals surface area contributed by atoms with E-state index in [1.807, 2.05) is 37.3 Å². The lowest BCUT2D eigenvalue weighted by Crippen LogP contribution is -2.07. The molecule has 0 aliphatic rings. The van der Waals surface area contributed by atoms with E-state index in [0.717, 1.165) is 11.1 Å². The largest absolute Gasteiger partial charge is 0.469 e. The predicted molar refractivity (Wildman–Crippen MR) is 80.0 cm³/mol. The number of nitrogens with zero attached hydrogens (tertiary/aromatic N) is 1. The number of aryl methyl sites for hydroxylation is 1. The summed E-state index contributed by atoms with van der Waals surface area (Å²) >= 11 is 0. The zero-order chi connectivity index (χ0) is 15.2. The number of pyridine rings is 1. The van der Waals surface area contributed by atoms with E-state index < -0.39 is 5.97 Å². The third kappa shape index (κ3) is 3.99. The van der Waals surface area contributed by atoms with Gasteiger partial charge in [-0.25, -0.2) is 0 Å². The average Bonchev–Trinajstić information content (AvgIpc) is 2.53. The number of esters is 1. The van der Waals surface area contributed by atoms with Crippen molar-refractivity contribution in [2.45, 2.75) is 19.8 Å². The average molecular weight is 283 g/mol. The highest BCUT2D eigenvalue weighted by molar-refractivity contribution is 5.96. The SMILES string of the molecule is COC(=O)CCC(=O)c1cc(-c2ccc(C)cc2)ccn1. The van der Waals surface area contributed by atoms with Gasteiger partial charge in [-0.3, -0.25) is 14.6 Å². The Morgan fingerprint density at radius 2 is 1.76 bits per heavy atom. The Morgan fingerprint density at radius 3 is 2.43 bits per heavy atom. The minimum absolute atomic E-state index is 0.0752. The molecule has 1 heterocycles. The molecule has 4 nitrogen and oxygen atoms in total. The van der Waals surface area contributed by atoms with Gasteiger partial charge in [0.05, 0.1) is 13.5 Å². The fraction of sp³-hybridized carbons (Fsp3) is 0.235. The van der Waals surface area contributed by atoms with E-state index in [-0.39, 0.29) is 18.6 Å². The molecule has 0 fully saturated rings. The van der Waals surface area contributed by atoms with Crippen molar-refractivity contribution >= 4 is 11.8 Å². The van der Waals surface area contributed by atoms with Gasteiger partial charge < -0.3 is 4.74 Å². The highest BCUT2D eigenvalue weighted by Crippen LogP contribution is 2.20. The van der Waals surface area contributed by atoms with Crippen LogP contribution in [0.25, 0.3) is 11.1 Å². The van der Waals surface area contributed by atoms with Crippen LogP contribution in [0.3, 0.4) is 0 Å². The molecular formula is C17H17NO3. The normalized spacial score (nSPS) is 10.2. The summed E-state index contributed by atoms with van der Waals surface area (Å²) in [5.41, 5.74) is 3.52. The van der Waals surface area contributed by atoms with Gasteiger partial charge in [0.1, 0.15) is 5.69 Å². The number of carbonyl (C=O) groups is 2. The molecule has 21 heavy (non-hydrogen) atoms. The number of hydrogen-bond donors (Lipinski definition) is 0. The van der Waals surface area contributed by atoms with E-state index >= 15 is 0 Å². The number of carbonyl (C=O) groups excluding carboxylic acids is 2. The van der Waals surface area contributed by atoms with Gasteiger partial charge in [-0.05, 0) is 30.2 Å². The molecule has 1 aromatic heterocycles. The minimum Gasteiger partial charge on any atom is -0.469 e. The fourth-order valence-corrected chi connectivity index (χ4v) is 1.95. The fourth-order valence-electron chi connectivity index (χ4n) is 1.95. The van der Waals surface area contributed by atoms with Crippen LogP contribution >= 0.6 is 0 Å². The number of hydrogen-bond acceptors (Lipinski definition) is 4. The first kappa shape index (κ1) is 14.9. The maximum absolute atomic E-state index is 12.0. The van der Waals surface area contributed by atoms with Crippen molar-refractivity contribution < 1.29 is 14.3 Å². The molecule has 2 rings (SSSR count). The molecular weight excluding hydrogens is 266 g/mol. The summed E-state index contributed by atoms with van der Waals surface area (Å²) < 4.78 is 4.53. The lowest BCUT2D eigenvalue weighted by molar-refractivity contribution is -0.140. The standard InChI is InChI=1S/C17H17NO3/c1-12-3-5-13(6-4-12)14-9-10-18-15(11-14)16(19)7-8-17(20)21-2/h3-6,9-11H,7-8H2,1-2H3. The topological polar surface area (TPSA) is 56.3 Å². The summed E-state index contributed by atoms with van der Waals surface area (Å²) in [6, 6.07) is 11.7. The third-order valence-electron chi connectivity index (χ3n) is 3.21. The molecule has 0 unspecified atom stereocenters. The van der Waals surface area contributed by atoms with Crippen molar-refractivity contribution in [3.8, 4) is 11.1 Å². The summed E-state index contributed by atoms with van der Waals surface area (Å²) in [5, 5.41) is 0. The Hall–Kier alpha value is -2.49. The summed E-state index contributed by atoms with van der Waals surface area (Å²) in [4.78, 5) is 27.2. The molecule has 0 spiro atoms. The number of rotatable bonds is 5. The molecule has 0 amide bonds. The van der Waals surface area contributed by atoms with Crippen molar-refractivity contribution in [3.63, 3.8) is 0 Å². The highest BCUT2D eigenvalue weighted by Gasteiger charge is 2.11. The van der Waals surface area contributed by atoms with Crippen LogP contribution in [0.5, 0.6) is 0 Å². The molecule has 4 heteroatoms. The maximum atomic E-state index is 12.0. The van der Waals surface area contributed by atoms with Crippen molar-refractivity contribution in [1.82, 2.24) is 4.98 Å². The molecule has 2 aromatic rings. The van der Waals surface area contributed by atoms with Crippen LogP contribution < -0.4 is 0 Å². The van der Waals surface area contributed by atoms with Crippen LogP contribution in [0.4, 0.5) is 0 Å². The minimum atomic E-state index is -0.391. The second kappa shape index (κ2) is 6.79. The Kier molecular flexibility index (Phi) is 4.82. The van der Waals surface area contributed by atoms with Gasteiger partial charge in [0.15, 0.2) is 5.78 Å². The Bertz CT molecular complexity index is 647. The smallest absolute Gasteiger partial charge is 0.305 e. The molecule has 0 saturated carbocycles. The highest BCUT2D eigenvalue weighted by atomic mass is 16.5. The number of aromatic nitrogens is 1. The van der Waals surface area contributed by atoms with Gasteiger partial charge in [0.25, 0.3) is 0 Å². The van der Waals surface area contributed by atoms with E-state index in [2.05, 4.69) is 9.72 Å². The Labute approximate surface area is 123 Å². The van der Waals surface area contributed by atoms with Gasteiger partial charge in [0.2, 0.25) is 0 Å². The predicted octanol–water partition coefficient (Wildman–Crippen LogP) is 3.19. The molecule has 0 atom stereocenters. The van der Waals surface area contributed by atoms with Gasteiger partial charge >= 0.3 is 5.97 Å². The second-order valence-corrected chi connectivity index (χ2v) is 4.80. The molecule has 108 valence electrons. The van der Waals surface area contributed by atoms with E-state index in [1.165, 1.54) is 12.7 Å². The zero-order valence-electron chi connectivity index (χ0n) is 12.1. The molecule has 0 saturated heterocycles. The molecule has 1 aromatic carbocycles. The molecule has 0 aliphatic heterocycles. The molecule has 0 aliphatic carbocycles. The quantitative estimate of drug-likeness (QED) is 0.624. The van der Waals surface area contributed by atoms with Crippen LogP contribution in [0, 0.1) is 6.92 Å². The zero-order valence-corrected chi connectivity index (χ0v) is 12.1. The van der Waals surface area contributed by atoms with Crippen LogP contribution in [-0.2, 0) is 9.53 Å². The monoisotopic (exact) mass is 283 g/mol. The van der Waals surface area contributed by atoms with Crippen molar-refractivity contribution in [1.29, 1.82) is 0 Å².